The first-order valence-electron chi connectivity index (χ1n) is 7.75. The number of allylic oxidation sites excluding steroid dienone is 1. The molecule has 23 heavy (non-hydrogen) atoms. The lowest BCUT2D eigenvalue weighted by atomic mass is 9.78. The lowest BCUT2D eigenvalue weighted by molar-refractivity contribution is 0.0807. The zero-order valence-electron chi connectivity index (χ0n) is 15.1. The van der Waals surface area contributed by atoms with E-state index in [1.807, 2.05) is 11.0 Å². The molecule has 1 nitrogen and oxygen atoms in total. The predicted octanol–water partition coefficient (Wildman–Crippen LogP) is 6.72. The molecule has 0 saturated heterocycles. The molecule has 1 aromatic carbocycles. The Morgan fingerprint density at radius 1 is 1.13 bits per heavy atom. The second-order valence-electron chi connectivity index (χ2n) is 7.89. The number of rotatable bonds is 4. The molecule has 0 unspecified atom stereocenters. The average molecular weight is 436 g/mol. The van der Waals surface area contributed by atoms with Crippen LogP contribution in [0.3, 0.4) is 0 Å². The summed E-state index contributed by atoms with van der Waals surface area (Å²) < 4.78 is 32.9. The van der Waals surface area contributed by atoms with Gasteiger partial charge in [-0.25, -0.2) is 8.78 Å². The Hall–Kier alpha value is -0.650. The first-order valence-corrected chi connectivity index (χ1v) is 8.99. The summed E-state index contributed by atoms with van der Waals surface area (Å²) in [6.07, 6.45) is -2.48. The van der Waals surface area contributed by atoms with E-state index in [-0.39, 0.29) is 10.8 Å². The molecule has 0 aromatic heterocycles. The molecule has 4 heteroatoms. The fourth-order valence-electron chi connectivity index (χ4n) is 2.27. The van der Waals surface area contributed by atoms with Gasteiger partial charge in [-0.3, -0.25) is 0 Å². The predicted molar refractivity (Wildman–Crippen MR) is 103 cm³/mol. The van der Waals surface area contributed by atoms with Crippen LogP contribution in [0.4, 0.5) is 8.78 Å². The van der Waals surface area contributed by atoms with Gasteiger partial charge in [0, 0.05) is 11.1 Å². The molecule has 0 aliphatic heterocycles. The van der Waals surface area contributed by atoms with Gasteiger partial charge in [-0.15, -0.1) is 0 Å². The highest BCUT2D eigenvalue weighted by atomic mass is 127. The summed E-state index contributed by atoms with van der Waals surface area (Å²) in [4.78, 5) is 0. The van der Waals surface area contributed by atoms with Crippen LogP contribution in [-0.2, 0) is 10.8 Å². The van der Waals surface area contributed by atoms with Gasteiger partial charge in [0.1, 0.15) is 12.4 Å². The fourth-order valence-corrected chi connectivity index (χ4v) is 2.61. The zero-order valence-corrected chi connectivity index (χ0v) is 17.2. The third kappa shape index (κ3) is 5.44. The standard InChI is InChI=1S/C19H27F2IO/c1-12(10-22)14-8-13(18(2,3)4)9-15(19(5,6)7)17(14)23-11-16(20)21/h8-10,16H,11H2,1-7H3/b12-10-. The van der Waals surface area contributed by atoms with E-state index < -0.39 is 13.0 Å². The normalized spacial score (nSPS) is 13.6. The maximum atomic E-state index is 12.7. The number of hydrogen-bond acceptors (Lipinski definition) is 1. The molecule has 130 valence electrons. The van der Waals surface area contributed by atoms with Gasteiger partial charge < -0.3 is 4.74 Å². The van der Waals surface area contributed by atoms with Crippen LogP contribution in [0, 0.1) is 0 Å². The van der Waals surface area contributed by atoms with Gasteiger partial charge >= 0.3 is 0 Å². The van der Waals surface area contributed by atoms with Gasteiger partial charge in [0.15, 0.2) is 0 Å². The Labute approximate surface area is 152 Å². The summed E-state index contributed by atoms with van der Waals surface area (Å²) in [7, 11) is 0. The van der Waals surface area contributed by atoms with Crippen molar-refractivity contribution in [3.8, 4) is 5.75 Å². The first kappa shape index (κ1) is 20.4. The Morgan fingerprint density at radius 3 is 2.09 bits per heavy atom. The second kappa shape index (κ2) is 7.49. The van der Waals surface area contributed by atoms with E-state index in [2.05, 4.69) is 76.3 Å². The van der Waals surface area contributed by atoms with Gasteiger partial charge in [0.05, 0.1) is 0 Å². The number of ether oxygens (including phenoxy) is 1. The molecule has 0 N–H and O–H groups in total. The summed E-state index contributed by atoms with van der Waals surface area (Å²) in [5, 5.41) is 0. The molecule has 0 bridgehead atoms. The lowest BCUT2D eigenvalue weighted by Gasteiger charge is -2.29. The van der Waals surface area contributed by atoms with E-state index >= 15 is 0 Å². The summed E-state index contributed by atoms with van der Waals surface area (Å²) in [5.74, 6) is 0.580. The smallest absolute Gasteiger partial charge is 0.272 e. The molecular weight excluding hydrogens is 409 g/mol. The Kier molecular flexibility index (Phi) is 6.64. The monoisotopic (exact) mass is 436 g/mol. The maximum absolute atomic E-state index is 12.7. The summed E-state index contributed by atoms with van der Waals surface area (Å²) in [6.45, 7) is 14.1. The molecule has 0 aliphatic rings. The van der Waals surface area contributed by atoms with Crippen molar-refractivity contribution >= 4 is 28.2 Å². The van der Waals surface area contributed by atoms with E-state index in [1.54, 1.807) is 0 Å². The molecule has 0 saturated carbocycles. The second-order valence-corrected chi connectivity index (χ2v) is 8.52. The molecule has 0 aliphatic carbocycles. The van der Waals surface area contributed by atoms with Crippen LogP contribution in [0.25, 0.3) is 5.57 Å². The molecule has 0 amide bonds. The van der Waals surface area contributed by atoms with Crippen molar-refractivity contribution in [1.82, 2.24) is 0 Å². The highest BCUT2D eigenvalue weighted by Gasteiger charge is 2.27. The molecule has 1 aromatic rings. The molecule has 0 heterocycles. The van der Waals surface area contributed by atoms with Crippen LogP contribution in [0.1, 0.15) is 65.2 Å². The highest BCUT2D eigenvalue weighted by molar-refractivity contribution is 14.1. The van der Waals surface area contributed by atoms with E-state index in [4.69, 9.17) is 4.74 Å². The van der Waals surface area contributed by atoms with E-state index in [1.165, 1.54) is 5.56 Å². The fraction of sp³-hybridized carbons (Fsp3) is 0.579. The third-order valence-corrected chi connectivity index (χ3v) is 4.64. The molecule has 1 rings (SSSR count). The summed E-state index contributed by atoms with van der Waals surface area (Å²) >= 11 is 2.17. The van der Waals surface area contributed by atoms with E-state index in [9.17, 15) is 8.78 Å². The van der Waals surface area contributed by atoms with Crippen molar-refractivity contribution in [2.75, 3.05) is 6.61 Å². The highest BCUT2D eigenvalue weighted by Crippen LogP contribution is 2.41. The third-order valence-electron chi connectivity index (χ3n) is 3.71. The van der Waals surface area contributed by atoms with Crippen LogP contribution in [0.2, 0.25) is 0 Å². The Bertz CT molecular complexity index is 578. The van der Waals surface area contributed by atoms with Gasteiger partial charge in [-0.05, 0) is 39.0 Å². The Balaban J connectivity index is 3.67. The zero-order chi connectivity index (χ0) is 18.0. The van der Waals surface area contributed by atoms with Gasteiger partial charge in [0.2, 0.25) is 0 Å². The Morgan fingerprint density at radius 2 is 1.70 bits per heavy atom. The van der Waals surface area contributed by atoms with Crippen molar-refractivity contribution < 1.29 is 13.5 Å². The van der Waals surface area contributed by atoms with Crippen molar-refractivity contribution in [2.24, 2.45) is 0 Å². The average Bonchev–Trinajstić information content (AvgIpc) is 2.41. The molecule has 0 atom stereocenters. The van der Waals surface area contributed by atoms with Crippen LogP contribution < -0.4 is 4.74 Å². The van der Waals surface area contributed by atoms with Crippen molar-refractivity contribution in [3.63, 3.8) is 0 Å². The molecule has 0 spiro atoms. The minimum absolute atomic E-state index is 0.0262. The van der Waals surface area contributed by atoms with Crippen molar-refractivity contribution in [3.05, 3.63) is 32.9 Å². The molecule has 0 radical (unpaired) electrons. The SMILES string of the molecule is C/C(=C/I)c1cc(C(C)(C)C)cc(C(C)(C)C)c1OCC(F)F. The van der Waals surface area contributed by atoms with Gasteiger partial charge in [0.25, 0.3) is 6.43 Å². The largest absolute Gasteiger partial charge is 0.487 e. The van der Waals surface area contributed by atoms with E-state index in [0.29, 0.717) is 5.75 Å². The number of halogens is 3. The van der Waals surface area contributed by atoms with Crippen molar-refractivity contribution in [2.45, 2.75) is 65.7 Å². The van der Waals surface area contributed by atoms with E-state index in [0.717, 1.165) is 16.7 Å². The minimum Gasteiger partial charge on any atom is -0.487 e. The molecular formula is C19H27F2IO. The quantitative estimate of drug-likeness (QED) is 0.476. The minimum atomic E-state index is -2.48. The van der Waals surface area contributed by atoms with Crippen LogP contribution >= 0.6 is 22.6 Å². The number of benzene rings is 1. The van der Waals surface area contributed by atoms with Crippen LogP contribution in [0.5, 0.6) is 5.75 Å². The maximum Gasteiger partial charge on any atom is 0.272 e. The summed E-state index contributed by atoms with van der Waals surface area (Å²) in [6, 6.07) is 4.17. The van der Waals surface area contributed by atoms with Gasteiger partial charge in [-0.1, -0.05) is 70.2 Å². The van der Waals surface area contributed by atoms with Crippen LogP contribution in [0.15, 0.2) is 16.2 Å². The first-order chi connectivity index (χ1) is 10.4. The van der Waals surface area contributed by atoms with Crippen molar-refractivity contribution in [1.29, 1.82) is 0 Å². The summed E-state index contributed by atoms with van der Waals surface area (Å²) in [5.41, 5.74) is 3.85. The number of hydrogen-bond donors (Lipinski definition) is 0. The van der Waals surface area contributed by atoms with Gasteiger partial charge in [-0.2, -0.15) is 0 Å². The van der Waals surface area contributed by atoms with Crippen LogP contribution in [-0.4, -0.2) is 13.0 Å². The molecule has 0 fully saturated rings. The topological polar surface area (TPSA) is 9.23 Å². The number of alkyl halides is 2. The lowest BCUT2D eigenvalue weighted by Crippen LogP contribution is -2.20.